The summed E-state index contributed by atoms with van der Waals surface area (Å²) in [7, 11) is 0. The zero-order valence-corrected chi connectivity index (χ0v) is 78.5. The molecule has 21 rings (SSSR count). The van der Waals surface area contributed by atoms with Gasteiger partial charge in [0.15, 0.2) is 0 Å². The van der Waals surface area contributed by atoms with E-state index in [2.05, 4.69) is 395 Å². The van der Waals surface area contributed by atoms with Gasteiger partial charge in [0.05, 0.1) is 56.9 Å². The van der Waals surface area contributed by atoms with E-state index in [-0.39, 0.29) is 74.0 Å². The zero-order valence-electron chi connectivity index (χ0n) is 71.7. The van der Waals surface area contributed by atoms with Crippen LogP contribution < -0.4 is 0 Å². The van der Waals surface area contributed by atoms with E-state index in [1.165, 1.54) is 100 Å². The van der Waals surface area contributed by atoms with Crippen LogP contribution in [0.25, 0.3) is 101 Å². The molecule has 3 aliphatic rings. The van der Waals surface area contributed by atoms with Crippen molar-refractivity contribution in [1.82, 2.24) is 39.9 Å². The minimum atomic E-state index is -0.706. The summed E-state index contributed by atoms with van der Waals surface area (Å²) in [5, 5.41) is 0. The number of nitrogens with zero attached hydrogens (tertiary/aromatic N) is 8. The molecule has 18 aromatic rings. The van der Waals surface area contributed by atoms with Crippen molar-refractivity contribution in [2.24, 2.45) is 0 Å². The van der Waals surface area contributed by atoms with Crippen molar-refractivity contribution < 1.29 is 63.2 Å². The molecule has 10 aromatic carbocycles. The number of aryl methyl sites for hydroxylation is 4. The monoisotopic (exact) mass is 2170 g/mol. The van der Waals surface area contributed by atoms with Crippen molar-refractivity contribution in [3.8, 4) is 101 Å². The van der Waals surface area contributed by atoms with Crippen LogP contribution in [0.2, 0.25) is 0 Å². The minimum Gasteiger partial charge on any atom is -0.300 e. The van der Waals surface area contributed by atoms with Gasteiger partial charge in [0, 0.05) is 33.5 Å². The molecule has 8 nitrogen and oxygen atoms in total. The fraction of sp³-hybridized carbons (Fsp3) is 0.130. The Morgan fingerprint density at radius 3 is 0.706 bits per heavy atom. The summed E-state index contributed by atoms with van der Waals surface area (Å²) in [5.74, 6) is 0. The maximum Gasteiger partial charge on any atom is 2.00 e. The van der Waals surface area contributed by atoms with Crippen LogP contribution in [0.15, 0.2) is 364 Å². The van der Waals surface area contributed by atoms with Crippen LogP contribution in [0, 0.1) is 52.0 Å². The maximum atomic E-state index is 5.46. The normalized spacial score (nSPS) is 13.0. The average molecular weight is 2170 g/mol. The first kappa shape index (κ1) is 87.0. The third-order valence-corrected chi connectivity index (χ3v) is 24.8. The predicted molar refractivity (Wildman–Crippen MR) is 498 cm³/mol. The van der Waals surface area contributed by atoms with E-state index in [0.29, 0.717) is 0 Å². The zero-order chi connectivity index (χ0) is 84.2. The number of pyridine rings is 8. The second-order valence-electron chi connectivity index (χ2n) is 34.3. The second kappa shape index (κ2) is 35.8. The Morgan fingerprint density at radius 1 is 0.230 bits per heavy atom. The molecule has 11 heteroatoms. The fourth-order valence-corrected chi connectivity index (χ4v) is 18.3. The van der Waals surface area contributed by atoms with Crippen molar-refractivity contribution in [2.75, 3.05) is 0 Å². The summed E-state index contributed by atoms with van der Waals surface area (Å²) in [5.41, 5.74) is 36.4. The molecule has 0 bridgehead atoms. The van der Waals surface area contributed by atoms with Gasteiger partial charge >= 0.3 is 42.1 Å². The summed E-state index contributed by atoms with van der Waals surface area (Å²) in [4.78, 5) is 41.4. The Hall–Kier alpha value is -12.5. The fourth-order valence-electron chi connectivity index (χ4n) is 18.3. The maximum absolute atomic E-state index is 5.46. The van der Waals surface area contributed by atoms with Crippen molar-refractivity contribution in [3.05, 3.63) is 489 Å². The molecule has 3 aliphatic carbocycles. The van der Waals surface area contributed by atoms with Gasteiger partial charge in [0.25, 0.3) is 0 Å². The third-order valence-electron chi connectivity index (χ3n) is 24.8. The molecular formula is C115H90N8Pt3. The van der Waals surface area contributed by atoms with Crippen LogP contribution in [-0.4, -0.2) is 39.9 Å². The summed E-state index contributed by atoms with van der Waals surface area (Å²) in [6, 6.07) is 137. The first-order chi connectivity index (χ1) is 59.9. The topological polar surface area (TPSA) is 103 Å². The minimum absolute atomic E-state index is 0. The van der Waals surface area contributed by atoms with E-state index in [4.69, 9.17) is 29.9 Å². The molecule has 0 amide bonds. The smallest absolute Gasteiger partial charge is 0.300 e. The van der Waals surface area contributed by atoms with E-state index in [0.717, 1.165) is 102 Å². The Labute approximate surface area is 783 Å². The standard InChI is InChI=1S/C43H38N2.C39H30N2.C33H22N4.3Pt/c1-41(2,3)31-17-11-15-29(27-31)37-23-13-25-39(44-37)43(35-21-9-7-19-33(35)34-20-8-10-22-36(34)43)40-26-14-24-38(45-40)30-16-12-18-32(28-30)42(4,5)6;1-25-19-21-29(23-27(25)3)35-15-9-17-37(40-35)39(33-13-7-5-11-31(33)32-12-6-8-14-34(32)39)38-18-10-16-36(41-38)30-22-20-26(2)28(4)24-30;1-3-13-25-23(11-1)24-12-2-4-14-26(24)33(25,31-19-9-17-29(36-31)27-15-5-7-21-34-27)32-20-10-18-30(37-32)28-16-6-8-22-35-28;;;/h7-14,17-28H,1-6H3;5-20,23-24H,1-4H3;1-22H;;;/q2*-2;;;2*+2. The summed E-state index contributed by atoms with van der Waals surface area (Å²) in [6.07, 6.45) is 3.61. The van der Waals surface area contributed by atoms with Gasteiger partial charge in [-0.1, -0.05) is 288 Å². The Balaban J connectivity index is 0.000000138. The van der Waals surface area contributed by atoms with Gasteiger partial charge in [-0.2, -0.15) is 0 Å². The van der Waals surface area contributed by atoms with E-state index in [1.807, 2.05) is 60.7 Å². The summed E-state index contributed by atoms with van der Waals surface area (Å²) < 4.78 is 0. The Morgan fingerprint density at radius 2 is 0.460 bits per heavy atom. The molecule has 0 spiro atoms. The molecule has 0 saturated carbocycles. The van der Waals surface area contributed by atoms with Crippen LogP contribution in [0.1, 0.15) is 142 Å². The molecule has 8 heterocycles. The number of aromatic nitrogens is 8. The number of benzene rings is 10. The molecule has 0 aliphatic heterocycles. The van der Waals surface area contributed by atoms with Gasteiger partial charge in [-0.3, -0.25) is 29.9 Å². The molecule has 0 unspecified atom stereocenters. The number of fused-ring (bicyclic) bond motifs is 9. The van der Waals surface area contributed by atoms with Crippen molar-refractivity contribution in [2.45, 2.75) is 96.3 Å². The first-order valence-electron chi connectivity index (χ1n) is 42.2. The molecule has 0 saturated heterocycles. The van der Waals surface area contributed by atoms with E-state index < -0.39 is 16.2 Å². The van der Waals surface area contributed by atoms with Crippen LogP contribution in [0.5, 0.6) is 0 Å². The van der Waals surface area contributed by atoms with Gasteiger partial charge in [-0.25, -0.2) is 9.97 Å². The predicted octanol–water partition coefficient (Wildman–Crippen LogP) is 26.3. The molecule has 0 atom stereocenters. The van der Waals surface area contributed by atoms with E-state index in [9.17, 15) is 0 Å². The molecule has 0 fully saturated rings. The number of rotatable bonds is 12. The molecule has 620 valence electrons. The van der Waals surface area contributed by atoms with Crippen molar-refractivity contribution in [3.63, 3.8) is 0 Å². The number of hydrogen-bond acceptors (Lipinski definition) is 8. The molecule has 0 radical (unpaired) electrons. The van der Waals surface area contributed by atoms with Crippen molar-refractivity contribution >= 4 is 0 Å². The largest absolute Gasteiger partial charge is 2.00 e. The SMILES string of the molecule is CC(C)(C)c1cc[c-]c(-c2cccc(C3(c4cccc(-c5[c-]ccc(C(C)(C)C)c5)n4)c4ccccc4-c4ccccc43)n2)c1.Cc1c[c-]c(-c2cccc(C3(c4cccc(-c5[c-]cc(C)c(C)c5)n4)c4ccccc4-c4ccccc43)n2)cc1C.[Pt+2].[Pt+2].[Pt].c1ccc(-c2cccc(C3(c4cccc(-c5ccccn5)n4)c4ccccc4-c4ccccc43)n2)nc1. The van der Waals surface area contributed by atoms with Gasteiger partial charge in [0.1, 0.15) is 16.2 Å². The molecular weight excluding hydrogens is 2080 g/mol. The number of hydrogen-bond donors (Lipinski definition) is 0. The van der Waals surface area contributed by atoms with Gasteiger partial charge < -0.3 is 0 Å². The second-order valence-corrected chi connectivity index (χ2v) is 34.3. The quantitative estimate of drug-likeness (QED) is 0.111. The molecule has 126 heavy (non-hydrogen) atoms. The van der Waals surface area contributed by atoms with E-state index >= 15 is 0 Å². The summed E-state index contributed by atoms with van der Waals surface area (Å²) >= 11 is 0. The molecule has 0 N–H and O–H groups in total. The Kier molecular flexibility index (Phi) is 24.7. The first-order valence-corrected chi connectivity index (χ1v) is 42.2. The van der Waals surface area contributed by atoms with Gasteiger partial charge in [0.2, 0.25) is 0 Å². The van der Waals surface area contributed by atoms with Gasteiger partial charge in [-0.15, -0.1) is 141 Å². The summed E-state index contributed by atoms with van der Waals surface area (Å²) in [6.45, 7) is 22.0. The van der Waals surface area contributed by atoms with Crippen LogP contribution in [-0.2, 0) is 90.3 Å². The van der Waals surface area contributed by atoms with Crippen LogP contribution in [0.3, 0.4) is 0 Å². The van der Waals surface area contributed by atoms with Crippen LogP contribution >= 0.6 is 0 Å². The van der Waals surface area contributed by atoms with Gasteiger partial charge in [-0.05, 0) is 173 Å². The third kappa shape index (κ3) is 15.6. The van der Waals surface area contributed by atoms with Crippen molar-refractivity contribution in [1.29, 1.82) is 0 Å². The average Bonchev–Trinajstić information content (AvgIpc) is 1.54. The molecule has 8 aromatic heterocycles. The Bertz CT molecular complexity index is 6650. The van der Waals surface area contributed by atoms with Crippen LogP contribution in [0.4, 0.5) is 0 Å². The van der Waals surface area contributed by atoms with E-state index in [1.54, 1.807) is 12.4 Å².